The van der Waals surface area contributed by atoms with Crippen LogP contribution in [0.1, 0.15) is 19.8 Å². The molecule has 126 valence electrons. The van der Waals surface area contributed by atoms with E-state index in [1.54, 1.807) is 25.3 Å². The number of methoxy groups -OCH3 is 1. The van der Waals surface area contributed by atoms with Crippen LogP contribution in [0.5, 0.6) is 11.5 Å². The fourth-order valence-corrected chi connectivity index (χ4v) is 2.20. The fraction of sp³-hybridized carbons (Fsp3) is 0.500. The van der Waals surface area contributed by atoms with Crippen LogP contribution in [0.2, 0.25) is 0 Å². The predicted molar refractivity (Wildman–Crippen MR) is 86.7 cm³/mol. The van der Waals surface area contributed by atoms with E-state index >= 15 is 0 Å². The number of nitrogens with two attached hydrogens (primary N) is 1. The highest BCUT2D eigenvalue weighted by Crippen LogP contribution is 2.30. The Balaban J connectivity index is 2.01. The van der Waals surface area contributed by atoms with Gasteiger partial charge in [0.05, 0.1) is 25.3 Å². The predicted octanol–water partition coefficient (Wildman–Crippen LogP) is 1.82. The first kappa shape index (κ1) is 16.9. The molecule has 0 bridgehead atoms. The number of nitrogens with zero attached hydrogens (tertiary/aromatic N) is 1. The average molecular weight is 321 g/mol. The topological polar surface area (TPSA) is 93.9 Å². The van der Waals surface area contributed by atoms with Crippen molar-refractivity contribution in [3.05, 3.63) is 18.2 Å². The third kappa shape index (κ3) is 4.28. The molecule has 0 aliphatic carbocycles. The highest BCUT2D eigenvalue weighted by molar-refractivity contribution is 5.93. The molecule has 0 unspecified atom stereocenters. The molecule has 0 spiro atoms. The smallest absolute Gasteiger partial charge is 0.321 e. The second-order valence-corrected chi connectivity index (χ2v) is 5.50. The van der Waals surface area contributed by atoms with Crippen molar-refractivity contribution in [2.75, 3.05) is 32.1 Å². The third-order valence-corrected chi connectivity index (χ3v) is 3.75. The second-order valence-electron chi connectivity index (χ2n) is 5.50. The zero-order chi connectivity index (χ0) is 16.8. The number of unbranched alkanes of at least 4 members (excludes halogenated alkanes) is 1. The van der Waals surface area contributed by atoms with E-state index in [9.17, 15) is 9.59 Å². The highest BCUT2D eigenvalue weighted by atomic mass is 16.5. The van der Waals surface area contributed by atoms with Crippen molar-refractivity contribution in [3.8, 4) is 11.5 Å². The highest BCUT2D eigenvalue weighted by Gasteiger charge is 2.34. The lowest BCUT2D eigenvalue weighted by Gasteiger charge is -2.37. The number of amides is 3. The zero-order valence-electron chi connectivity index (χ0n) is 13.5. The van der Waals surface area contributed by atoms with Crippen molar-refractivity contribution < 1.29 is 19.1 Å². The molecule has 3 N–H and O–H groups in total. The Labute approximate surface area is 135 Å². The Kier molecular flexibility index (Phi) is 5.67. The van der Waals surface area contributed by atoms with Gasteiger partial charge in [-0.3, -0.25) is 4.79 Å². The van der Waals surface area contributed by atoms with Crippen LogP contribution in [0.3, 0.4) is 0 Å². The van der Waals surface area contributed by atoms with Gasteiger partial charge in [-0.25, -0.2) is 4.79 Å². The number of hydrogen-bond acceptors (Lipinski definition) is 4. The molecule has 1 aliphatic rings. The van der Waals surface area contributed by atoms with Gasteiger partial charge in [0.1, 0.15) is 11.5 Å². The van der Waals surface area contributed by atoms with Gasteiger partial charge in [0.15, 0.2) is 0 Å². The van der Waals surface area contributed by atoms with E-state index in [1.165, 1.54) is 4.90 Å². The molecule has 3 amide bonds. The summed E-state index contributed by atoms with van der Waals surface area (Å²) in [5.74, 6) is 0.590. The number of rotatable bonds is 7. The van der Waals surface area contributed by atoms with Gasteiger partial charge in [-0.1, -0.05) is 13.3 Å². The van der Waals surface area contributed by atoms with Crippen LogP contribution in [-0.4, -0.2) is 43.6 Å². The number of nitrogens with one attached hydrogen (secondary N) is 1. The first-order valence-electron chi connectivity index (χ1n) is 7.71. The molecule has 1 aromatic rings. The number of carbonyl (C=O) groups is 2. The van der Waals surface area contributed by atoms with Crippen LogP contribution < -0.4 is 20.5 Å². The molecular weight excluding hydrogens is 298 g/mol. The minimum atomic E-state index is -0.376. The number of hydrogen-bond donors (Lipinski definition) is 2. The van der Waals surface area contributed by atoms with Crippen molar-refractivity contribution in [1.29, 1.82) is 0 Å². The van der Waals surface area contributed by atoms with E-state index < -0.39 is 0 Å². The van der Waals surface area contributed by atoms with Crippen molar-refractivity contribution in [1.82, 2.24) is 4.90 Å². The van der Waals surface area contributed by atoms with Crippen LogP contribution in [0.15, 0.2) is 18.2 Å². The Hall–Kier alpha value is -2.44. The summed E-state index contributed by atoms with van der Waals surface area (Å²) in [5, 5.41) is 2.80. The van der Waals surface area contributed by atoms with E-state index in [-0.39, 0.29) is 17.9 Å². The van der Waals surface area contributed by atoms with Gasteiger partial charge in [-0.05, 0) is 18.6 Å². The molecule has 0 saturated carbocycles. The van der Waals surface area contributed by atoms with Crippen molar-refractivity contribution in [2.45, 2.75) is 19.8 Å². The third-order valence-electron chi connectivity index (χ3n) is 3.75. The molecule has 1 aliphatic heterocycles. The largest absolute Gasteiger partial charge is 0.497 e. The second kappa shape index (κ2) is 7.71. The lowest BCUT2D eigenvalue weighted by molar-refractivity contribution is -0.125. The summed E-state index contributed by atoms with van der Waals surface area (Å²) < 4.78 is 10.9. The molecule has 2 rings (SSSR count). The van der Waals surface area contributed by atoms with E-state index in [4.69, 9.17) is 15.2 Å². The number of likely N-dealkylation sites (tertiary alicyclic amines) is 1. The molecule has 0 radical (unpaired) electrons. The van der Waals surface area contributed by atoms with E-state index in [0.717, 1.165) is 12.8 Å². The van der Waals surface area contributed by atoms with Gasteiger partial charge < -0.3 is 25.4 Å². The van der Waals surface area contributed by atoms with Gasteiger partial charge in [-0.2, -0.15) is 0 Å². The molecule has 1 saturated heterocycles. The van der Waals surface area contributed by atoms with Crippen LogP contribution in [0.4, 0.5) is 10.5 Å². The van der Waals surface area contributed by atoms with Crippen molar-refractivity contribution >= 4 is 17.6 Å². The number of anilines is 1. The summed E-state index contributed by atoms with van der Waals surface area (Å²) in [6.45, 7) is 3.35. The fourth-order valence-electron chi connectivity index (χ4n) is 2.20. The Morgan fingerprint density at radius 1 is 1.39 bits per heavy atom. The van der Waals surface area contributed by atoms with Crippen molar-refractivity contribution in [2.24, 2.45) is 11.7 Å². The monoisotopic (exact) mass is 321 g/mol. The van der Waals surface area contributed by atoms with Crippen LogP contribution >= 0.6 is 0 Å². The number of carbonyl (C=O) groups excluding carboxylic acids is 2. The molecule has 0 atom stereocenters. The Bertz CT molecular complexity index is 570. The molecule has 1 heterocycles. The van der Waals surface area contributed by atoms with E-state index in [2.05, 4.69) is 12.2 Å². The van der Waals surface area contributed by atoms with Gasteiger partial charge in [0.25, 0.3) is 0 Å². The van der Waals surface area contributed by atoms with E-state index in [0.29, 0.717) is 36.9 Å². The standard InChI is InChI=1S/C16H23N3O4/c1-3-4-7-23-14-6-5-12(22-2)8-13(14)18-16(21)19-9-11(10-19)15(17)20/h5-6,8,11H,3-4,7,9-10H2,1-2H3,(H2,17,20)(H,18,21). The van der Waals surface area contributed by atoms with Crippen LogP contribution in [-0.2, 0) is 4.79 Å². The maximum Gasteiger partial charge on any atom is 0.321 e. The average Bonchev–Trinajstić information content (AvgIpc) is 2.46. The zero-order valence-corrected chi connectivity index (χ0v) is 13.5. The molecule has 7 nitrogen and oxygen atoms in total. The van der Waals surface area contributed by atoms with Crippen LogP contribution in [0, 0.1) is 5.92 Å². The molecule has 23 heavy (non-hydrogen) atoms. The maximum atomic E-state index is 12.2. The van der Waals surface area contributed by atoms with Crippen molar-refractivity contribution in [3.63, 3.8) is 0 Å². The normalized spacial score (nSPS) is 14.1. The first-order valence-corrected chi connectivity index (χ1v) is 7.71. The van der Waals surface area contributed by atoms with Gasteiger partial charge in [-0.15, -0.1) is 0 Å². The summed E-state index contributed by atoms with van der Waals surface area (Å²) in [6, 6.07) is 4.98. The van der Waals surface area contributed by atoms with Crippen LogP contribution in [0.25, 0.3) is 0 Å². The number of ether oxygens (including phenoxy) is 2. The summed E-state index contributed by atoms with van der Waals surface area (Å²) in [7, 11) is 1.56. The van der Waals surface area contributed by atoms with Gasteiger partial charge in [0.2, 0.25) is 5.91 Å². The lowest BCUT2D eigenvalue weighted by Crippen LogP contribution is -2.56. The van der Waals surface area contributed by atoms with E-state index in [1.807, 2.05) is 0 Å². The molecule has 1 aromatic carbocycles. The molecular formula is C16H23N3O4. The summed E-state index contributed by atoms with van der Waals surface area (Å²) >= 11 is 0. The lowest BCUT2D eigenvalue weighted by atomic mass is 10.0. The SMILES string of the molecule is CCCCOc1ccc(OC)cc1NC(=O)N1CC(C(N)=O)C1. The summed E-state index contributed by atoms with van der Waals surface area (Å²) in [5.41, 5.74) is 5.76. The number of benzene rings is 1. The first-order chi connectivity index (χ1) is 11.0. The number of primary amides is 1. The van der Waals surface area contributed by atoms with Gasteiger partial charge in [0, 0.05) is 19.2 Å². The minimum Gasteiger partial charge on any atom is -0.497 e. The summed E-state index contributed by atoms with van der Waals surface area (Å²) in [6.07, 6.45) is 1.96. The number of urea groups is 1. The quantitative estimate of drug-likeness (QED) is 0.749. The summed E-state index contributed by atoms with van der Waals surface area (Å²) in [4.78, 5) is 24.8. The Morgan fingerprint density at radius 2 is 2.13 bits per heavy atom. The maximum absolute atomic E-state index is 12.2. The molecule has 0 aromatic heterocycles. The molecule has 7 heteroatoms. The molecule has 1 fully saturated rings. The minimum absolute atomic E-state index is 0.258. The Morgan fingerprint density at radius 3 is 2.74 bits per heavy atom. The van der Waals surface area contributed by atoms with Gasteiger partial charge >= 0.3 is 6.03 Å².